The molecule has 0 unspecified atom stereocenters. The van der Waals surface area contributed by atoms with Crippen molar-refractivity contribution in [2.75, 3.05) is 17.6 Å². The fourth-order valence-corrected chi connectivity index (χ4v) is 3.21. The molecule has 90 valence electrons. The Morgan fingerprint density at radius 1 is 1.29 bits per heavy atom. The maximum Gasteiger partial charge on any atom is 0.0701 e. The molecular weight excluding hydrogens is 296 g/mol. The molecule has 17 heavy (non-hydrogen) atoms. The minimum atomic E-state index is 0.811. The number of benzene rings is 1. The van der Waals surface area contributed by atoms with Crippen LogP contribution in [0.5, 0.6) is 0 Å². The zero-order valence-electron chi connectivity index (χ0n) is 9.66. The zero-order valence-corrected chi connectivity index (χ0v) is 12.1. The molecule has 1 heterocycles. The first-order valence-corrected chi connectivity index (χ1v) is 7.10. The van der Waals surface area contributed by atoms with Crippen molar-refractivity contribution in [1.29, 1.82) is 0 Å². The van der Waals surface area contributed by atoms with Crippen LogP contribution in [0.15, 0.2) is 34.1 Å². The number of aryl methyl sites for hydroxylation is 1. The van der Waals surface area contributed by atoms with Crippen LogP contribution in [0, 0.1) is 6.92 Å². The maximum absolute atomic E-state index is 5.80. The Morgan fingerprint density at radius 3 is 2.76 bits per heavy atom. The van der Waals surface area contributed by atoms with E-state index in [1.807, 2.05) is 12.1 Å². The standard InChI is InChI=1S/C13H15BrN2S/c1-9-6-10(15)8-11(7-9)16-5-4-12-2-3-13(14)17-12/h2-3,6-8,16H,4-5,15H2,1H3. The van der Waals surface area contributed by atoms with Gasteiger partial charge in [0.25, 0.3) is 0 Å². The molecule has 0 aliphatic heterocycles. The van der Waals surface area contributed by atoms with Gasteiger partial charge in [0.2, 0.25) is 0 Å². The van der Waals surface area contributed by atoms with Gasteiger partial charge in [0.1, 0.15) is 0 Å². The number of anilines is 2. The summed E-state index contributed by atoms with van der Waals surface area (Å²) in [6.07, 6.45) is 1.03. The average Bonchev–Trinajstić information content (AvgIpc) is 2.63. The van der Waals surface area contributed by atoms with Crippen molar-refractivity contribution in [3.8, 4) is 0 Å². The molecule has 0 bridgehead atoms. The number of nitrogen functional groups attached to an aromatic ring is 1. The van der Waals surface area contributed by atoms with Crippen molar-refractivity contribution in [1.82, 2.24) is 0 Å². The quantitative estimate of drug-likeness (QED) is 0.836. The Hall–Kier alpha value is -1.000. The molecule has 2 rings (SSSR count). The molecule has 2 aromatic rings. The molecule has 0 fully saturated rings. The topological polar surface area (TPSA) is 38.0 Å². The van der Waals surface area contributed by atoms with Gasteiger partial charge >= 0.3 is 0 Å². The molecule has 1 aromatic carbocycles. The van der Waals surface area contributed by atoms with E-state index in [1.165, 1.54) is 14.2 Å². The third-order valence-corrected chi connectivity index (χ3v) is 4.11. The molecule has 0 aliphatic rings. The van der Waals surface area contributed by atoms with E-state index >= 15 is 0 Å². The number of nitrogens with one attached hydrogen (secondary N) is 1. The lowest BCUT2D eigenvalue weighted by Crippen LogP contribution is -2.04. The van der Waals surface area contributed by atoms with E-state index in [1.54, 1.807) is 11.3 Å². The highest BCUT2D eigenvalue weighted by atomic mass is 79.9. The number of thiophene rings is 1. The lowest BCUT2D eigenvalue weighted by Gasteiger charge is -2.07. The fourth-order valence-electron chi connectivity index (χ4n) is 1.73. The number of halogens is 1. The van der Waals surface area contributed by atoms with Crippen LogP contribution < -0.4 is 11.1 Å². The normalized spacial score (nSPS) is 10.5. The van der Waals surface area contributed by atoms with E-state index in [0.717, 1.165) is 24.3 Å². The number of rotatable bonds is 4. The second-order valence-electron chi connectivity index (χ2n) is 4.01. The average molecular weight is 311 g/mol. The lowest BCUT2D eigenvalue weighted by molar-refractivity contribution is 1.04. The van der Waals surface area contributed by atoms with Crippen LogP contribution in [0.1, 0.15) is 10.4 Å². The molecule has 0 spiro atoms. The van der Waals surface area contributed by atoms with Crippen LogP contribution in [0.2, 0.25) is 0 Å². The highest BCUT2D eigenvalue weighted by Crippen LogP contribution is 2.22. The maximum atomic E-state index is 5.80. The molecular formula is C13H15BrN2S. The molecule has 3 N–H and O–H groups in total. The monoisotopic (exact) mass is 310 g/mol. The van der Waals surface area contributed by atoms with Gasteiger partial charge in [-0.3, -0.25) is 0 Å². The number of hydrogen-bond acceptors (Lipinski definition) is 3. The molecule has 0 radical (unpaired) electrons. The van der Waals surface area contributed by atoms with E-state index in [4.69, 9.17) is 5.73 Å². The van der Waals surface area contributed by atoms with Crippen LogP contribution in [0.4, 0.5) is 11.4 Å². The van der Waals surface area contributed by atoms with Crippen molar-refractivity contribution in [2.24, 2.45) is 0 Å². The molecule has 0 saturated carbocycles. The van der Waals surface area contributed by atoms with Crippen molar-refractivity contribution in [2.45, 2.75) is 13.3 Å². The molecule has 0 aliphatic carbocycles. The smallest absolute Gasteiger partial charge is 0.0701 e. The lowest BCUT2D eigenvalue weighted by atomic mass is 10.2. The van der Waals surface area contributed by atoms with Crippen molar-refractivity contribution >= 4 is 38.6 Å². The van der Waals surface area contributed by atoms with Gasteiger partial charge in [-0.2, -0.15) is 0 Å². The first kappa shape index (κ1) is 12.5. The van der Waals surface area contributed by atoms with Crippen molar-refractivity contribution < 1.29 is 0 Å². The second kappa shape index (κ2) is 5.56. The van der Waals surface area contributed by atoms with E-state index in [-0.39, 0.29) is 0 Å². The van der Waals surface area contributed by atoms with Gasteiger partial charge in [-0.1, -0.05) is 0 Å². The van der Waals surface area contributed by atoms with Gasteiger partial charge < -0.3 is 11.1 Å². The summed E-state index contributed by atoms with van der Waals surface area (Å²) < 4.78 is 1.19. The van der Waals surface area contributed by atoms with Gasteiger partial charge in [0.15, 0.2) is 0 Å². The molecule has 4 heteroatoms. The van der Waals surface area contributed by atoms with E-state index in [9.17, 15) is 0 Å². The van der Waals surface area contributed by atoms with Crippen LogP contribution in [-0.4, -0.2) is 6.54 Å². The van der Waals surface area contributed by atoms with Gasteiger partial charge in [-0.05, 0) is 65.2 Å². The van der Waals surface area contributed by atoms with Crippen molar-refractivity contribution in [3.63, 3.8) is 0 Å². The predicted molar refractivity (Wildman–Crippen MR) is 79.8 cm³/mol. The van der Waals surface area contributed by atoms with E-state index < -0.39 is 0 Å². The molecule has 0 amide bonds. The molecule has 0 atom stereocenters. The third-order valence-electron chi connectivity index (χ3n) is 2.43. The summed E-state index contributed by atoms with van der Waals surface area (Å²) in [5.74, 6) is 0. The van der Waals surface area contributed by atoms with Crippen molar-refractivity contribution in [3.05, 3.63) is 44.6 Å². The first-order chi connectivity index (χ1) is 8.13. The first-order valence-electron chi connectivity index (χ1n) is 5.49. The van der Waals surface area contributed by atoms with Crippen LogP contribution in [0.3, 0.4) is 0 Å². The number of hydrogen-bond donors (Lipinski definition) is 2. The predicted octanol–water partition coefficient (Wildman–Crippen LogP) is 4.06. The SMILES string of the molecule is Cc1cc(N)cc(NCCc2ccc(Br)s2)c1. The van der Waals surface area contributed by atoms with Crippen LogP contribution in [0.25, 0.3) is 0 Å². The van der Waals surface area contributed by atoms with E-state index in [2.05, 4.69) is 46.4 Å². The summed E-state index contributed by atoms with van der Waals surface area (Å²) in [4.78, 5) is 1.38. The van der Waals surface area contributed by atoms with E-state index in [0.29, 0.717) is 0 Å². The Labute approximate surface area is 114 Å². The highest BCUT2D eigenvalue weighted by molar-refractivity contribution is 9.11. The summed E-state index contributed by atoms with van der Waals surface area (Å²) in [5.41, 5.74) is 8.89. The number of nitrogens with two attached hydrogens (primary N) is 1. The Balaban J connectivity index is 1.89. The zero-order chi connectivity index (χ0) is 12.3. The third kappa shape index (κ3) is 3.75. The molecule has 2 nitrogen and oxygen atoms in total. The van der Waals surface area contributed by atoms with Crippen LogP contribution in [-0.2, 0) is 6.42 Å². The summed E-state index contributed by atoms with van der Waals surface area (Å²) in [7, 11) is 0. The summed E-state index contributed by atoms with van der Waals surface area (Å²) >= 11 is 5.25. The Morgan fingerprint density at radius 2 is 2.12 bits per heavy atom. The largest absolute Gasteiger partial charge is 0.399 e. The van der Waals surface area contributed by atoms with Crippen LogP contribution >= 0.6 is 27.3 Å². The summed E-state index contributed by atoms with van der Waals surface area (Å²) in [6, 6.07) is 10.3. The fraction of sp³-hybridized carbons (Fsp3) is 0.231. The Bertz CT molecular complexity index is 488. The van der Waals surface area contributed by atoms with Gasteiger partial charge in [0, 0.05) is 22.8 Å². The Kier molecular flexibility index (Phi) is 4.07. The van der Waals surface area contributed by atoms with Gasteiger partial charge in [-0.25, -0.2) is 0 Å². The molecule has 1 aromatic heterocycles. The minimum Gasteiger partial charge on any atom is -0.399 e. The highest BCUT2D eigenvalue weighted by Gasteiger charge is 1.99. The summed E-state index contributed by atoms with van der Waals surface area (Å²) in [6.45, 7) is 2.98. The molecule has 0 saturated heterocycles. The van der Waals surface area contributed by atoms with Gasteiger partial charge in [0.05, 0.1) is 3.79 Å². The minimum absolute atomic E-state index is 0.811. The van der Waals surface area contributed by atoms with Gasteiger partial charge in [-0.15, -0.1) is 11.3 Å². The second-order valence-corrected chi connectivity index (χ2v) is 6.56. The summed E-state index contributed by atoms with van der Waals surface area (Å²) in [5, 5.41) is 3.40.